The summed E-state index contributed by atoms with van der Waals surface area (Å²) in [6.07, 6.45) is 1.92. The van der Waals surface area contributed by atoms with Gasteiger partial charge in [0.2, 0.25) is 21.8 Å². The van der Waals surface area contributed by atoms with Gasteiger partial charge in [0.1, 0.15) is 12.6 Å². The molecule has 0 aromatic heterocycles. The highest BCUT2D eigenvalue weighted by molar-refractivity contribution is 7.92. The van der Waals surface area contributed by atoms with Crippen molar-refractivity contribution < 1.29 is 18.0 Å². The molecule has 2 atom stereocenters. The Morgan fingerprint density at radius 1 is 0.951 bits per heavy atom. The summed E-state index contributed by atoms with van der Waals surface area (Å²) in [4.78, 5) is 29.3. The Kier molecular flexibility index (Phi) is 11.5. The molecule has 0 aliphatic carbocycles. The number of halogens is 3. The molecule has 11 heteroatoms. The predicted octanol–water partition coefficient (Wildman–Crippen LogP) is 6.28. The number of benzene rings is 3. The monoisotopic (exact) mass is 637 g/mol. The summed E-state index contributed by atoms with van der Waals surface area (Å²) in [6.45, 7) is 4.92. The molecule has 0 saturated carbocycles. The van der Waals surface area contributed by atoms with Gasteiger partial charge in [-0.1, -0.05) is 84.2 Å². The molecule has 0 aliphatic heterocycles. The summed E-state index contributed by atoms with van der Waals surface area (Å²) in [7, 11) is -3.92. The van der Waals surface area contributed by atoms with Crippen molar-refractivity contribution in [2.75, 3.05) is 17.1 Å². The molecule has 2 amide bonds. The highest BCUT2D eigenvalue weighted by Gasteiger charge is 2.34. The smallest absolute Gasteiger partial charge is 0.244 e. The molecule has 3 aromatic carbocycles. The van der Waals surface area contributed by atoms with Crippen molar-refractivity contribution in [1.29, 1.82) is 0 Å². The molecule has 220 valence electrons. The molecule has 0 unspecified atom stereocenters. The standard InChI is InChI=1S/C30H34Cl3N3O4S/c1-5-20(2)34-30(38)28(16-22-10-7-6-8-11-22)35(18-23-14-15-24(31)17-26(23)33)29(37)19-36(41(4,39)40)27-13-9-12-25(32)21(27)3/h6-15,17,20,28H,5,16,18-19H2,1-4H3,(H,34,38)/t20-,28-/m1/s1. The minimum atomic E-state index is -3.92. The van der Waals surface area contributed by atoms with E-state index in [9.17, 15) is 18.0 Å². The van der Waals surface area contributed by atoms with Crippen LogP contribution in [0, 0.1) is 6.92 Å². The van der Waals surface area contributed by atoms with Crippen LogP contribution in [0.2, 0.25) is 15.1 Å². The van der Waals surface area contributed by atoms with Crippen molar-refractivity contribution in [3.05, 3.63) is 98.5 Å². The third-order valence-corrected chi connectivity index (χ3v) is 8.94. The average molecular weight is 639 g/mol. The number of rotatable bonds is 12. The van der Waals surface area contributed by atoms with Gasteiger partial charge in [0.05, 0.1) is 11.9 Å². The van der Waals surface area contributed by atoms with Crippen LogP contribution < -0.4 is 9.62 Å². The SMILES string of the molecule is CC[C@@H](C)NC(=O)[C@@H](Cc1ccccc1)N(Cc1ccc(Cl)cc1Cl)C(=O)CN(c1cccc(Cl)c1C)S(C)(=O)=O. The third-order valence-electron chi connectivity index (χ3n) is 6.81. The van der Waals surface area contributed by atoms with Gasteiger partial charge in [-0.25, -0.2) is 8.42 Å². The Labute approximate surface area is 257 Å². The van der Waals surface area contributed by atoms with Gasteiger partial charge >= 0.3 is 0 Å². The Hall–Kier alpha value is -2.78. The zero-order chi connectivity index (χ0) is 30.3. The van der Waals surface area contributed by atoms with E-state index in [0.717, 1.165) is 16.1 Å². The van der Waals surface area contributed by atoms with Crippen molar-refractivity contribution in [3.8, 4) is 0 Å². The molecular formula is C30H34Cl3N3O4S. The van der Waals surface area contributed by atoms with E-state index in [2.05, 4.69) is 5.32 Å². The molecule has 3 rings (SSSR count). The number of carbonyl (C=O) groups excluding carboxylic acids is 2. The van der Waals surface area contributed by atoms with Crippen LogP contribution in [0.5, 0.6) is 0 Å². The van der Waals surface area contributed by atoms with Crippen molar-refractivity contribution in [2.45, 2.75) is 52.2 Å². The predicted molar refractivity (Wildman–Crippen MR) is 167 cm³/mol. The number of anilines is 1. The lowest BCUT2D eigenvalue weighted by molar-refractivity contribution is -0.140. The van der Waals surface area contributed by atoms with Crippen LogP contribution in [0.25, 0.3) is 0 Å². The highest BCUT2D eigenvalue weighted by Crippen LogP contribution is 2.29. The van der Waals surface area contributed by atoms with E-state index in [1.807, 2.05) is 44.2 Å². The lowest BCUT2D eigenvalue weighted by atomic mass is 10.0. The first-order chi connectivity index (χ1) is 19.3. The molecule has 0 saturated heterocycles. The second-order valence-corrected chi connectivity index (χ2v) is 13.1. The Morgan fingerprint density at radius 3 is 2.24 bits per heavy atom. The number of nitrogens with zero attached hydrogens (tertiary/aromatic N) is 2. The van der Waals surface area contributed by atoms with Crippen LogP contribution in [0.3, 0.4) is 0 Å². The van der Waals surface area contributed by atoms with Crippen LogP contribution in [-0.2, 0) is 32.6 Å². The summed E-state index contributed by atoms with van der Waals surface area (Å²) in [5.74, 6) is -0.937. The van der Waals surface area contributed by atoms with Crippen molar-refractivity contribution in [3.63, 3.8) is 0 Å². The number of hydrogen-bond donors (Lipinski definition) is 1. The first-order valence-electron chi connectivity index (χ1n) is 13.1. The third kappa shape index (κ3) is 8.85. The van der Waals surface area contributed by atoms with Gasteiger partial charge in [-0.05, 0) is 61.2 Å². The number of sulfonamides is 1. The molecule has 0 fully saturated rings. The van der Waals surface area contributed by atoms with Crippen molar-refractivity contribution >= 4 is 62.3 Å². The normalized spacial score (nSPS) is 12.9. The zero-order valence-corrected chi connectivity index (χ0v) is 26.5. The van der Waals surface area contributed by atoms with Gasteiger partial charge in [-0.3, -0.25) is 13.9 Å². The minimum absolute atomic E-state index is 0.0492. The van der Waals surface area contributed by atoms with E-state index >= 15 is 0 Å². The summed E-state index contributed by atoms with van der Waals surface area (Å²) in [6, 6.07) is 18.0. The van der Waals surface area contributed by atoms with E-state index in [-0.39, 0.29) is 30.6 Å². The molecule has 7 nitrogen and oxygen atoms in total. The molecule has 0 radical (unpaired) electrons. The lowest BCUT2D eigenvalue weighted by Crippen LogP contribution is -2.54. The molecule has 1 N–H and O–H groups in total. The summed E-state index contributed by atoms with van der Waals surface area (Å²) in [5.41, 5.74) is 2.18. The lowest BCUT2D eigenvalue weighted by Gasteiger charge is -2.34. The van der Waals surface area contributed by atoms with Gasteiger partial charge in [0.15, 0.2) is 0 Å². The van der Waals surface area contributed by atoms with Crippen molar-refractivity contribution in [1.82, 2.24) is 10.2 Å². The second kappa shape index (κ2) is 14.4. The second-order valence-electron chi connectivity index (χ2n) is 9.93. The van der Waals surface area contributed by atoms with Crippen LogP contribution in [0.15, 0.2) is 66.7 Å². The minimum Gasteiger partial charge on any atom is -0.352 e. The Bertz CT molecular complexity index is 1490. The fraction of sp³-hybridized carbons (Fsp3) is 0.333. The van der Waals surface area contributed by atoms with E-state index in [4.69, 9.17) is 34.8 Å². The molecule has 0 aliphatic rings. The maximum absolute atomic E-state index is 14.2. The van der Waals surface area contributed by atoms with E-state index in [1.54, 1.807) is 43.3 Å². The van der Waals surface area contributed by atoms with Crippen LogP contribution in [-0.4, -0.2) is 50.0 Å². The number of hydrogen-bond acceptors (Lipinski definition) is 4. The number of carbonyl (C=O) groups is 2. The van der Waals surface area contributed by atoms with Crippen LogP contribution in [0.1, 0.15) is 37.0 Å². The van der Waals surface area contributed by atoms with Gasteiger partial charge in [0.25, 0.3) is 0 Å². The molecule has 0 spiro atoms. The summed E-state index contributed by atoms with van der Waals surface area (Å²) >= 11 is 18.9. The van der Waals surface area contributed by atoms with Gasteiger partial charge in [0, 0.05) is 34.1 Å². The highest BCUT2D eigenvalue weighted by atomic mass is 35.5. The van der Waals surface area contributed by atoms with Gasteiger partial charge in [-0.2, -0.15) is 0 Å². The van der Waals surface area contributed by atoms with Crippen LogP contribution in [0.4, 0.5) is 5.69 Å². The topological polar surface area (TPSA) is 86.8 Å². The molecule has 0 bridgehead atoms. The van der Waals surface area contributed by atoms with E-state index in [0.29, 0.717) is 32.6 Å². The largest absolute Gasteiger partial charge is 0.352 e. The van der Waals surface area contributed by atoms with Crippen molar-refractivity contribution in [2.24, 2.45) is 0 Å². The Morgan fingerprint density at radius 2 is 1.63 bits per heavy atom. The maximum Gasteiger partial charge on any atom is 0.244 e. The maximum atomic E-state index is 14.2. The molecule has 41 heavy (non-hydrogen) atoms. The first-order valence-corrected chi connectivity index (χ1v) is 16.1. The van der Waals surface area contributed by atoms with E-state index < -0.39 is 28.5 Å². The molecule has 3 aromatic rings. The van der Waals surface area contributed by atoms with Gasteiger partial charge in [-0.15, -0.1) is 0 Å². The fourth-order valence-corrected chi connectivity index (χ4v) is 5.83. The van der Waals surface area contributed by atoms with E-state index in [1.165, 1.54) is 4.90 Å². The summed E-state index contributed by atoms with van der Waals surface area (Å²) < 4.78 is 27.0. The average Bonchev–Trinajstić information content (AvgIpc) is 2.91. The first kappa shape index (κ1) is 32.7. The number of nitrogens with one attached hydrogen (secondary N) is 1. The molecule has 0 heterocycles. The Balaban J connectivity index is 2.12. The van der Waals surface area contributed by atoms with Crippen LogP contribution >= 0.6 is 34.8 Å². The summed E-state index contributed by atoms with van der Waals surface area (Å²) in [5, 5.41) is 4.10. The number of amides is 2. The fourth-order valence-electron chi connectivity index (χ4n) is 4.29. The van der Waals surface area contributed by atoms with Gasteiger partial charge < -0.3 is 10.2 Å². The quantitative estimate of drug-likeness (QED) is 0.253. The molecular weight excluding hydrogens is 605 g/mol. The zero-order valence-electron chi connectivity index (χ0n) is 23.4.